The molecule has 0 spiro atoms. The second-order valence-corrected chi connectivity index (χ2v) is 11.6. The predicted octanol–water partition coefficient (Wildman–Crippen LogP) is 6.51. The maximum absolute atomic E-state index is 14.8. The molecule has 0 aromatic heterocycles. The minimum absolute atomic E-state index is 0.0633. The van der Waals surface area contributed by atoms with Crippen LogP contribution in [0.4, 0.5) is 33.3 Å². The van der Waals surface area contributed by atoms with Crippen LogP contribution >= 0.6 is 57.4 Å². The molecule has 40 heavy (non-hydrogen) atoms. The zero-order valence-electron chi connectivity index (χ0n) is 19.5. The van der Waals surface area contributed by atoms with Gasteiger partial charge in [0.2, 0.25) is 5.91 Å². The van der Waals surface area contributed by atoms with Gasteiger partial charge in [-0.05, 0) is 70.1 Å². The smallest absolute Gasteiger partial charge is 0.315 e. The van der Waals surface area contributed by atoms with E-state index in [1.807, 2.05) is 0 Å². The predicted molar refractivity (Wildman–Crippen MR) is 148 cm³/mol. The summed E-state index contributed by atoms with van der Waals surface area (Å²) in [6.45, 7) is 0. The van der Waals surface area contributed by atoms with Crippen molar-refractivity contribution in [3.05, 3.63) is 91.3 Å². The summed E-state index contributed by atoms with van der Waals surface area (Å²) in [5, 5.41) is 3.35. The van der Waals surface area contributed by atoms with Gasteiger partial charge in [-0.3, -0.25) is 14.4 Å². The molecule has 15 heteroatoms. The highest BCUT2D eigenvalue weighted by molar-refractivity contribution is 14.1. The van der Waals surface area contributed by atoms with Crippen molar-refractivity contribution < 1.29 is 36.3 Å². The van der Waals surface area contributed by atoms with E-state index in [1.165, 1.54) is 35.6 Å². The van der Waals surface area contributed by atoms with E-state index in [0.717, 1.165) is 12.1 Å². The van der Waals surface area contributed by atoms with Crippen LogP contribution in [0.5, 0.6) is 0 Å². The molecular formula is C25H14Cl3F5IN3O3. The van der Waals surface area contributed by atoms with E-state index in [1.54, 1.807) is 22.6 Å². The molecule has 4 N–H and O–H groups in total. The van der Waals surface area contributed by atoms with Crippen molar-refractivity contribution in [3.63, 3.8) is 0 Å². The molecule has 4 rings (SSSR count). The summed E-state index contributed by atoms with van der Waals surface area (Å²) in [6.07, 6.45) is -3.56. The number of hydrogen-bond acceptors (Lipinski definition) is 3. The summed E-state index contributed by atoms with van der Waals surface area (Å²) in [5.41, 5.74) is 2.20. The van der Waals surface area contributed by atoms with Gasteiger partial charge in [-0.2, -0.15) is 8.78 Å². The molecule has 210 valence electrons. The van der Waals surface area contributed by atoms with Crippen molar-refractivity contribution in [2.45, 2.75) is 22.1 Å². The molecule has 0 bridgehead atoms. The Labute approximate surface area is 251 Å². The number of hydrogen-bond donors (Lipinski definition) is 3. The van der Waals surface area contributed by atoms with Crippen LogP contribution in [0.3, 0.4) is 0 Å². The number of halogens is 9. The van der Waals surface area contributed by atoms with E-state index in [-0.39, 0.29) is 19.7 Å². The molecule has 0 radical (unpaired) electrons. The van der Waals surface area contributed by atoms with Crippen molar-refractivity contribution in [2.24, 2.45) is 5.73 Å². The quantitative estimate of drug-likeness (QED) is 0.147. The number of nitrogens with two attached hydrogens (primary N) is 1. The fourth-order valence-corrected chi connectivity index (χ4v) is 6.27. The van der Waals surface area contributed by atoms with Crippen molar-refractivity contribution in [1.29, 1.82) is 0 Å². The van der Waals surface area contributed by atoms with Crippen molar-refractivity contribution in [2.75, 3.05) is 10.6 Å². The Morgan fingerprint density at radius 1 is 0.950 bits per heavy atom. The second-order valence-electron chi connectivity index (χ2n) is 8.62. The lowest BCUT2D eigenvalue weighted by Gasteiger charge is -2.18. The van der Waals surface area contributed by atoms with Crippen LogP contribution in [0, 0.1) is 21.0 Å². The first-order chi connectivity index (χ1) is 18.6. The fourth-order valence-electron chi connectivity index (χ4n) is 4.44. The van der Waals surface area contributed by atoms with Crippen LogP contribution in [0.2, 0.25) is 5.02 Å². The maximum atomic E-state index is 14.8. The standard InChI is InChI=1S/C25H14Cl3F5IN3O3/c26-12-3-2-10(24(23(35)40)19(25(24,27)28)9-1-4-13(29)15(34)7-9)8-11(12)21(38)36-16-6-5-14(30)18(17(16)31)37-22(39)20(32)33/h1-8,19-20H,(H2,35,40)(H,36,38)(H,37,39). The largest absolute Gasteiger partial charge is 0.369 e. The first kappa shape index (κ1) is 30.3. The summed E-state index contributed by atoms with van der Waals surface area (Å²) >= 11 is 21.1. The van der Waals surface area contributed by atoms with Crippen molar-refractivity contribution >= 4 is 86.5 Å². The third kappa shape index (κ3) is 4.99. The van der Waals surface area contributed by atoms with Crippen LogP contribution in [0.15, 0.2) is 48.5 Å². The molecule has 0 aliphatic heterocycles. The Kier molecular flexibility index (Phi) is 8.29. The fraction of sp³-hybridized carbons (Fsp3) is 0.160. The zero-order valence-corrected chi connectivity index (χ0v) is 23.9. The molecule has 3 aromatic rings. The average molecular weight is 733 g/mol. The van der Waals surface area contributed by atoms with Crippen LogP contribution in [-0.2, 0) is 15.0 Å². The monoisotopic (exact) mass is 731 g/mol. The average Bonchev–Trinajstić information content (AvgIpc) is 3.42. The van der Waals surface area contributed by atoms with Gasteiger partial charge in [0.05, 0.1) is 16.3 Å². The molecule has 6 nitrogen and oxygen atoms in total. The highest BCUT2D eigenvalue weighted by Crippen LogP contribution is 2.74. The SMILES string of the molecule is NC(=O)C1(c2ccc(Cl)c(C(=O)Nc3ccc(F)c(NC(=O)C(F)F)c3F)c2)C(c2ccc(F)c(I)c2)C1(Cl)Cl. The topological polar surface area (TPSA) is 101 Å². The Morgan fingerprint density at radius 2 is 1.60 bits per heavy atom. The normalized spacial score (nSPS) is 19.3. The van der Waals surface area contributed by atoms with Gasteiger partial charge < -0.3 is 16.4 Å². The summed E-state index contributed by atoms with van der Waals surface area (Å²) < 4.78 is 66.3. The summed E-state index contributed by atoms with van der Waals surface area (Å²) in [4.78, 5) is 37.2. The lowest BCUT2D eigenvalue weighted by molar-refractivity contribution is -0.126. The first-order valence-corrected chi connectivity index (χ1v) is 13.2. The third-order valence-electron chi connectivity index (χ3n) is 6.36. The minimum atomic E-state index is -3.56. The van der Waals surface area contributed by atoms with Gasteiger partial charge in [0.1, 0.15) is 27.1 Å². The molecule has 2 atom stereocenters. The highest BCUT2D eigenvalue weighted by Gasteiger charge is 2.80. The van der Waals surface area contributed by atoms with Gasteiger partial charge in [-0.1, -0.05) is 46.9 Å². The molecule has 1 saturated carbocycles. The van der Waals surface area contributed by atoms with Crippen molar-refractivity contribution in [1.82, 2.24) is 0 Å². The van der Waals surface area contributed by atoms with E-state index in [4.69, 9.17) is 40.5 Å². The number of amides is 3. The molecule has 1 fully saturated rings. The number of rotatable bonds is 7. The zero-order chi connectivity index (χ0) is 29.7. The molecule has 0 saturated heterocycles. The Morgan fingerprint density at radius 3 is 2.20 bits per heavy atom. The molecule has 3 aromatic carbocycles. The molecule has 0 heterocycles. The van der Waals surface area contributed by atoms with E-state index < -0.39 is 68.6 Å². The summed E-state index contributed by atoms with van der Waals surface area (Å²) in [5.74, 6) is -8.37. The number of anilines is 2. The van der Waals surface area contributed by atoms with Crippen molar-refractivity contribution in [3.8, 4) is 0 Å². The molecular weight excluding hydrogens is 719 g/mol. The van der Waals surface area contributed by atoms with Crippen LogP contribution < -0.4 is 16.4 Å². The van der Waals surface area contributed by atoms with E-state index in [0.29, 0.717) is 11.6 Å². The highest BCUT2D eigenvalue weighted by atomic mass is 127. The lowest BCUT2D eigenvalue weighted by Crippen LogP contribution is -2.34. The number of benzene rings is 3. The Hall–Kier alpha value is -2.68. The number of nitrogens with one attached hydrogen (secondary N) is 2. The molecule has 2 unspecified atom stereocenters. The lowest BCUT2D eigenvalue weighted by atomic mass is 9.88. The third-order valence-corrected chi connectivity index (χ3v) is 8.54. The first-order valence-electron chi connectivity index (χ1n) is 11.0. The van der Waals surface area contributed by atoms with E-state index >= 15 is 0 Å². The minimum Gasteiger partial charge on any atom is -0.369 e. The number of carbonyl (C=O) groups excluding carboxylic acids is 3. The molecule has 3 amide bonds. The second kappa shape index (κ2) is 11.0. The van der Waals surface area contributed by atoms with Crippen LogP contribution in [-0.4, -0.2) is 28.5 Å². The van der Waals surface area contributed by atoms with Gasteiger partial charge in [-0.15, -0.1) is 0 Å². The van der Waals surface area contributed by atoms with Gasteiger partial charge in [0, 0.05) is 9.49 Å². The number of carbonyl (C=O) groups is 3. The molecule has 1 aliphatic rings. The van der Waals surface area contributed by atoms with Gasteiger partial charge >= 0.3 is 6.43 Å². The van der Waals surface area contributed by atoms with Gasteiger partial charge in [-0.25, -0.2) is 13.2 Å². The maximum Gasteiger partial charge on any atom is 0.315 e. The summed E-state index contributed by atoms with van der Waals surface area (Å²) in [6, 6.07) is 9.16. The number of primary amides is 1. The Balaban J connectivity index is 1.72. The van der Waals surface area contributed by atoms with E-state index in [2.05, 4.69) is 5.32 Å². The van der Waals surface area contributed by atoms with Gasteiger partial charge in [0.25, 0.3) is 11.8 Å². The van der Waals surface area contributed by atoms with Crippen LogP contribution in [0.25, 0.3) is 0 Å². The molecule has 1 aliphatic carbocycles. The van der Waals surface area contributed by atoms with Crippen LogP contribution in [0.1, 0.15) is 27.4 Å². The number of alkyl halides is 4. The Bertz CT molecular complexity index is 1580. The van der Waals surface area contributed by atoms with E-state index in [9.17, 15) is 36.3 Å². The summed E-state index contributed by atoms with van der Waals surface area (Å²) in [7, 11) is 0. The van der Waals surface area contributed by atoms with Gasteiger partial charge in [0.15, 0.2) is 5.82 Å².